The molecule has 0 aromatic heterocycles. The summed E-state index contributed by atoms with van der Waals surface area (Å²) in [6.45, 7) is 2.07. The van der Waals surface area contributed by atoms with Crippen molar-refractivity contribution in [3.63, 3.8) is 0 Å². The lowest BCUT2D eigenvalue weighted by Crippen LogP contribution is -2.26. The molecule has 0 unspecified atom stereocenters. The Hall–Kier alpha value is -1.42. The Bertz CT molecular complexity index is 418. The van der Waals surface area contributed by atoms with Gasteiger partial charge in [-0.05, 0) is 37.5 Å². The van der Waals surface area contributed by atoms with Crippen molar-refractivity contribution in [2.24, 2.45) is 16.8 Å². The summed E-state index contributed by atoms with van der Waals surface area (Å²) in [7, 11) is 0. The molecule has 1 aliphatic rings. The molecule has 2 rings (SSSR count). The first-order valence-electron chi connectivity index (χ1n) is 5.37. The zero-order chi connectivity index (χ0) is 11.5. The van der Waals surface area contributed by atoms with Crippen LogP contribution in [0.2, 0.25) is 0 Å². The predicted molar refractivity (Wildman–Crippen MR) is 70.4 cm³/mol. The highest BCUT2D eigenvalue weighted by Crippen LogP contribution is 2.33. The van der Waals surface area contributed by atoms with Gasteiger partial charge in [-0.2, -0.15) is 5.10 Å². The largest absolute Gasteiger partial charge is 0.375 e. The maximum absolute atomic E-state index is 5.38. The molecule has 0 aliphatic heterocycles. The van der Waals surface area contributed by atoms with Crippen LogP contribution in [0.1, 0.15) is 24.0 Å². The van der Waals surface area contributed by atoms with Crippen molar-refractivity contribution in [1.82, 2.24) is 5.43 Å². The van der Waals surface area contributed by atoms with Crippen LogP contribution in [0.15, 0.2) is 29.4 Å². The van der Waals surface area contributed by atoms with Gasteiger partial charge in [0.25, 0.3) is 0 Å². The highest BCUT2D eigenvalue weighted by atomic mass is 32.1. The average molecular weight is 233 g/mol. The van der Waals surface area contributed by atoms with Gasteiger partial charge < -0.3 is 5.73 Å². The Morgan fingerprint density at radius 3 is 2.50 bits per heavy atom. The van der Waals surface area contributed by atoms with Gasteiger partial charge >= 0.3 is 0 Å². The van der Waals surface area contributed by atoms with E-state index in [2.05, 4.69) is 41.7 Å². The minimum absolute atomic E-state index is 0.213. The fraction of sp³-hybridized carbons (Fsp3) is 0.333. The van der Waals surface area contributed by atoms with E-state index in [4.69, 9.17) is 18.0 Å². The van der Waals surface area contributed by atoms with Crippen molar-refractivity contribution >= 4 is 23.0 Å². The topological polar surface area (TPSA) is 50.4 Å². The lowest BCUT2D eigenvalue weighted by molar-refractivity contribution is 0.998. The molecule has 1 saturated carbocycles. The third kappa shape index (κ3) is 2.79. The second-order valence-electron chi connectivity index (χ2n) is 4.11. The zero-order valence-electron chi connectivity index (χ0n) is 9.23. The second-order valence-corrected chi connectivity index (χ2v) is 4.55. The number of benzene rings is 1. The van der Waals surface area contributed by atoms with Crippen molar-refractivity contribution in [1.29, 1.82) is 0 Å². The number of hydrazone groups is 1. The van der Waals surface area contributed by atoms with Crippen LogP contribution in [-0.2, 0) is 0 Å². The van der Waals surface area contributed by atoms with Gasteiger partial charge in [-0.25, -0.2) is 0 Å². The summed E-state index contributed by atoms with van der Waals surface area (Å²) in [5.74, 6) is 0.560. The Balaban J connectivity index is 2.22. The Morgan fingerprint density at radius 1 is 1.38 bits per heavy atom. The minimum Gasteiger partial charge on any atom is -0.375 e. The number of aryl methyl sites for hydroxylation is 1. The van der Waals surface area contributed by atoms with E-state index < -0.39 is 0 Å². The Labute approximate surface area is 101 Å². The summed E-state index contributed by atoms with van der Waals surface area (Å²) < 4.78 is 0. The summed E-state index contributed by atoms with van der Waals surface area (Å²) in [4.78, 5) is 0. The second kappa shape index (κ2) is 4.61. The zero-order valence-corrected chi connectivity index (χ0v) is 10.1. The lowest BCUT2D eigenvalue weighted by atomic mass is 10.1. The fourth-order valence-corrected chi connectivity index (χ4v) is 1.63. The van der Waals surface area contributed by atoms with E-state index in [1.165, 1.54) is 18.4 Å². The average Bonchev–Trinajstić information content (AvgIpc) is 3.04. The molecule has 84 valence electrons. The number of rotatable bonds is 3. The van der Waals surface area contributed by atoms with Crippen molar-refractivity contribution < 1.29 is 0 Å². The molecule has 4 heteroatoms. The highest BCUT2D eigenvalue weighted by Gasteiger charge is 2.28. The molecule has 1 aliphatic carbocycles. The van der Waals surface area contributed by atoms with Gasteiger partial charge in [0.2, 0.25) is 0 Å². The van der Waals surface area contributed by atoms with Crippen molar-refractivity contribution in [2.75, 3.05) is 0 Å². The van der Waals surface area contributed by atoms with Crippen molar-refractivity contribution in [2.45, 2.75) is 19.8 Å². The van der Waals surface area contributed by atoms with Crippen LogP contribution in [-0.4, -0.2) is 10.8 Å². The summed E-state index contributed by atoms with van der Waals surface area (Å²) in [5, 5.41) is 4.50. The number of hydrogen-bond acceptors (Lipinski definition) is 2. The van der Waals surface area contributed by atoms with Crippen LogP contribution >= 0.6 is 12.2 Å². The first-order chi connectivity index (χ1) is 7.66. The molecule has 0 heterocycles. The normalized spacial score (nSPS) is 15.9. The van der Waals surface area contributed by atoms with E-state index in [-0.39, 0.29) is 5.11 Å². The van der Waals surface area contributed by atoms with E-state index >= 15 is 0 Å². The van der Waals surface area contributed by atoms with Gasteiger partial charge in [-0.3, -0.25) is 5.43 Å². The summed E-state index contributed by atoms with van der Waals surface area (Å²) >= 11 is 4.75. The maximum atomic E-state index is 5.38. The predicted octanol–water partition coefficient (Wildman–Crippen LogP) is 1.94. The van der Waals surface area contributed by atoms with Crippen LogP contribution in [0.5, 0.6) is 0 Å². The number of hydrogen-bond donors (Lipinski definition) is 2. The monoisotopic (exact) mass is 233 g/mol. The van der Waals surface area contributed by atoms with Gasteiger partial charge in [0.15, 0.2) is 5.11 Å². The minimum atomic E-state index is 0.213. The summed E-state index contributed by atoms with van der Waals surface area (Å²) in [6, 6.07) is 8.36. The first-order valence-corrected chi connectivity index (χ1v) is 5.77. The highest BCUT2D eigenvalue weighted by molar-refractivity contribution is 7.80. The van der Waals surface area contributed by atoms with Gasteiger partial charge in [0, 0.05) is 5.92 Å². The molecule has 1 aromatic rings. The van der Waals surface area contributed by atoms with Crippen LogP contribution in [0.25, 0.3) is 0 Å². The van der Waals surface area contributed by atoms with Crippen LogP contribution in [0, 0.1) is 12.8 Å². The number of nitrogens with two attached hydrogens (primary N) is 1. The third-order valence-electron chi connectivity index (χ3n) is 2.60. The first kappa shape index (κ1) is 11.1. The molecule has 0 radical (unpaired) electrons. The smallest absolute Gasteiger partial charge is 0.184 e. The molecule has 0 atom stereocenters. The summed E-state index contributed by atoms with van der Waals surface area (Å²) in [5.41, 5.74) is 11.5. The molecule has 1 fully saturated rings. The van der Waals surface area contributed by atoms with E-state index in [0.717, 1.165) is 11.3 Å². The number of thiocarbonyl (C=S) groups is 1. The van der Waals surface area contributed by atoms with Crippen LogP contribution in [0.4, 0.5) is 0 Å². The lowest BCUT2D eigenvalue weighted by Gasteiger charge is -2.06. The van der Waals surface area contributed by atoms with E-state index in [1.54, 1.807) is 0 Å². The van der Waals surface area contributed by atoms with Crippen LogP contribution in [0.3, 0.4) is 0 Å². The number of nitrogens with zero attached hydrogens (tertiary/aromatic N) is 1. The molecule has 16 heavy (non-hydrogen) atoms. The van der Waals surface area contributed by atoms with Crippen molar-refractivity contribution in [3.8, 4) is 0 Å². The third-order valence-corrected chi connectivity index (χ3v) is 2.69. The standard InChI is InChI=1S/C12H15N3S/c1-8-2-4-9(5-3-8)11(10-6-7-10)14-15-12(13)16/h2-5,10H,6-7H2,1H3,(H3,13,15,16)/b14-11+. The maximum Gasteiger partial charge on any atom is 0.184 e. The molecule has 0 spiro atoms. The molecule has 3 N–H and O–H groups in total. The molecular formula is C12H15N3S. The van der Waals surface area contributed by atoms with Crippen LogP contribution < -0.4 is 11.2 Å². The van der Waals surface area contributed by atoms with E-state index in [0.29, 0.717) is 5.92 Å². The molecule has 0 saturated heterocycles. The molecule has 0 bridgehead atoms. The molecule has 3 nitrogen and oxygen atoms in total. The Kier molecular flexibility index (Phi) is 3.19. The molecule has 1 aromatic carbocycles. The van der Waals surface area contributed by atoms with Crippen molar-refractivity contribution in [3.05, 3.63) is 35.4 Å². The molecule has 0 amide bonds. The van der Waals surface area contributed by atoms with Gasteiger partial charge in [0.1, 0.15) is 0 Å². The summed E-state index contributed by atoms with van der Waals surface area (Å²) in [6.07, 6.45) is 2.40. The van der Waals surface area contributed by atoms with Gasteiger partial charge in [-0.1, -0.05) is 29.8 Å². The van der Waals surface area contributed by atoms with Gasteiger partial charge in [0.05, 0.1) is 5.71 Å². The molecular weight excluding hydrogens is 218 g/mol. The van der Waals surface area contributed by atoms with Gasteiger partial charge in [-0.15, -0.1) is 0 Å². The SMILES string of the molecule is Cc1ccc(/C(=N\NC(N)=S)C2CC2)cc1. The van der Waals surface area contributed by atoms with E-state index in [1.807, 2.05) is 0 Å². The quantitative estimate of drug-likeness (QED) is 0.476. The fourth-order valence-electron chi connectivity index (χ4n) is 1.59. The number of nitrogens with one attached hydrogen (secondary N) is 1. The Morgan fingerprint density at radius 2 is 2.00 bits per heavy atom. The van der Waals surface area contributed by atoms with E-state index in [9.17, 15) is 0 Å².